The summed E-state index contributed by atoms with van der Waals surface area (Å²) in [6.45, 7) is 2.94. The zero-order valence-corrected chi connectivity index (χ0v) is 30.2. The fourth-order valence-corrected chi connectivity index (χ4v) is 7.89. The van der Waals surface area contributed by atoms with E-state index in [1.165, 1.54) is 12.4 Å². The van der Waals surface area contributed by atoms with E-state index in [4.69, 9.17) is 4.74 Å². The maximum atomic E-state index is 13.4. The number of aromatic nitrogens is 3. The van der Waals surface area contributed by atoms with Gasteiger partial charge in [0.2, 0.25) is 17.7 Å². The quantitative estimate of drug-likeness (QED) is 0.179. The third-order valence-corrected chi connectivity index (χ3v) is 10.8. The van der Waals surface area contributed by atoms with Crippen molar-refractivity contribution in [1.82, 2.24) is 35.4 Å². The summed E-state index contributed by atoms with van der Waals surface area (Å²) in [4.78, 5) is 94.2. The Balaban J connectivity index is 0.828. The normalized spacial score (nSPS) is 20.5. The standard InChI is InChI=1S/C39H38N10O7/c40-16-23-3-1-4-24(15-23)26-18-41-34-33(26)35(44-21-43-34)48-13-14-56-29(19-48)37(53)42-17-22-9-11-47(12-10-22)20-31(51)45-27-6-2-5-25-32(27)39(55)49(38(25)54)28-7-8-30(50)46-36(28)52/h1-6,15,18,21-22,28-29H,7-14,17,19-20H2,(H,42,53)(H,45,51)(H,41,43,44)(H,46,50,52). The minimum Gasteiger partial charge on any atom is -0.365 e. The van der Waals surface area contributed by atoms with Gasteiger partial charge in [0, 0.05) is 31.3 Å². The van der Waals surface area contributed by atoms with E-state index >= 15 is 0 Å². The number of hydrogen-bond acceptors (Lipinski definition) is 12. The van der Waals surface area contributed by atoms with Crippen LogP contribution in [0.15, 0.2) is 55.0 Å². The molecular formula is C39H38N10O7. The van der Waals surface area contributed by atoms with Crippen LogP contribution in [0.25, 0.3) is 22.2 Å². The number of nitrogens with one attached hydrogen (secondary N) is 4. The van der Waals surface area contributed by atoms with Gasteiger partial charge in [-0.05, 0) is 68.1 Å². The largest absolute Gasteiger partial charge is 0.365 e. The first-order valence-electron chi connectivity index (χ1n) is 18.5. The molecule has 0 saturated carbocycles. The third-order valence-electron chi connectivity index (χ3n) is 10.8. The molecule has 2 aromatic heterocycles. The van der Waals surface area contributed by atoms with Crippen molar-refractivity contribution in [2.75, 3.05) is 56.1 Å². The molecule has 3 saturated heterocycles. The lowest BCUT2D eigenvalue weighted by atomic mass is 9.96. The second kappa shape index (κ2) is 15.3. The Kier molecular flexibility index (Phi) is 9.98. The Morgan fingerprint density at radius 1 is 0.982 bits per heavy atom. The van der Waals surface area contributed by atoms with Crippen LogP contribution >= 0.6 is 0 Å². The van der Waals surface area contributed by atoms with E-state index in [2.05, 4.69) is 37.0 Å². The van der Waals surface area contributed by atoms with Crippen LogP contribution < -0.4 is 20.9 Å². The highest BCUT2D eigenvalue weighted by molar-refractivity contribution is 6.26. The zero-order chi connectivity index (χ0) is 38.9. The maximum Gasteiger partial charge on any atom is 0.264 e. The molecule has 8 rings (SSSR count). The topological polar surface area (TPSA) is 223 Å². The van der Waals surface area contributed by atoms with Crippen LogP contribution in [0.2, 0.25) is 0 Å². The monoisotopic (exact) mass is 758 g/mol. The molecule has 17 nitrogen and oxygen atoms in total. The number of hydrogen-bond donors (Lipinski definition) is 4. The number of nitrogens with zero attached hydrogens (tertiary/aromatic N) is 6. The fourth-order valence-electron chi connectivity index (χ4n) is 7.89. The molecule has 6 amide bonds. The predicted octanol–water partition coefficient (Wildman–Crippen LogP) is 1.57. The lowest BCUT2D eigenvalue weighted by molar-refractivity contribution is -0.136. The van der Waals surface area contributed by atoms with Crippen molar-refractivity contribution >= 4 is 58.0 Å². The number of amides is 6. The number of aromatic amines is 1. The van der Waals surface area contributed by atoms with E-state index in [0.29, 0.717) is 56.4 Å². The Morgan fingerprint density at radius 2 is 1.80 bits per heavy atom. The number of carbonyl (C=O) groups is 6. The van der Waals surface area contributed by atoms with Gasteiger partial charge in [-0.25, -0.2) is 9.97 Å². The molecule has 0 aliphatic carbocycles. The molecule has 17 heteroatoms. The second-order valence-corrected chi connectivity index (χ2v) is 14.3. The van der Waals surface area contributed by atoms with Crippen LogP contribution in [0.1, 0.15) is 52.0 Å². The first kappa shape index (κ1) is 36.5. The van der Waals surface area contributed by atoms with Gasteiger partial charge in [0.05, 0.1) is 53.5 Å². The SMILES string of the molecule is N#Cc1cccc(-c2c[nH]c3ncnc(N4CCOC(C(=O)NCC5CCN(CC(=O)Nc6cccc7c6C(=O)N(C6CCC(=O)NC6=O)C7=O)CC5)C4)c23)c1. The van der Waals surface area contributed by atoms with Gasteiger partial charge in [0.15, 0.2) is 6.10 Å². The zero-order valence-electron chi connectivity index (χ0n) is 30.2. The lowest BCUT2D eigenvalue weighted by Crippen LogP contribution is -2.54. The average molecular weight is 759 g/mol. The predicted molar refractivity (Wildman–Crippen MR) is 200 cm³/mol. The molecule has 6 heterocycles. The van der Waals surface area contributed by atoms with Gasteiger partial charge in [-0.15, -0.1) is 0 Å². The van der Waals surface area contributed by atoms with Gasteiger partial charge in [-0.2, -0.15) is 5.26 Å². The smallest absolute Gasteiger partial charge is 0.264 e. The van der Waals surface area contributed by atoms with Crippen molar-refractivity contribution in [3.63, 3.8) is 0 Å². The Labute approximate surface area is 320 Å². The summed E-state index contributed by atoms with van der Waals surface area (Å²) in [5, 5.41) is 18.2. The van der Waals surface area contributed by atoms with Crippen molar-refractivity contribution in [1.29, 1.82) is 5.26 Å². The number of likely N-dealkylation sites (tertiary alicyclic amines) is 1. The van der Waals surface area contributed by atoms with Gasteiger partial charge in [0.25, 0.3) is 17.7 Å². The third kappa shape index (κ3) is 7.07. The summed E-state index contributed by atoms with van der Waals surface area (Å²) in [6, 6.07) is 13.0. The Hall–Kier alpha value is -6.51. The molecule has 0 spiro atoms. The highest BCUT2D eigenvalue weighted by Crippen LogP contribution is 2.35. The number of piperidine rings is 2. The molecule has 0 bridgehead atoms. The van der Waals surface area contributed by atoms with E-state index < -0.39 is 35.8 Å². The number of H-pyrrole nitrogens is 1. The van der Waals surface area contributed by atoms with E-state index in [0.717, 1.165) is 34.3 Å². The molecule has 2 unspecified atom stereocenters. The fraction of sp³-hybridized carbons (Fsp3) is 0.359. The molecular weight excluding hydrogens is 720 g/mol. The average Bonchev–Trinajstić information content (AvgIpc) is 3.76. The van der Waals surface area contributed by atoms with Gasteiger partial charge in [-0.3, -0.25) is 43.9 Å². The molecule has 56 heavy (non-hydrogen) atoms. The van der Waals surface area contributed by atoms with Crippen LogP contribution in [0.5, 0.6) is 0 Å². The highest BCUT2D eigenvalue weighted by atomic mass is 16.5. The summed E-state index contributed by atoms with van der Waals surface area (Å²) in [5.41, 5.74) is 3.21. The first-order chi connectivity index (χ1) is 27.2. The number of nitriles is 1. The molecule has 286 valence electrons. The van der Waals surface area contributed by atoms with Crippen molar-refractivity contribution < 1.29 is 33.5 Å². The number of carbonyl (C=O) groups excluding carboxylic acids is 6. The lowest BCUT2D eigenvalue weighted by Gasteiger charge is -2.34. The number of rotatable bonds is 9. The van der Waals surface area contributed by atoms with Crippen LogP contribution in [-0.2, 0) is 23.9 Å². The molecule has 2 aromatic carbocycles. The first-order valence-corrected chi connectivity index (χ1v) is 18.5. The van der Waals surface area contributed by atoms with Crippen LogP contribution in [0, 0.1) is 17.2 Å². The minimum atomic E-state index is -1.10. The van der Waals surface area contributed by atoms with Crippen LogP contribution in [-0.4, -0.2) is 118 Å². The van der Waals surface area contributed by atoms with Crippen molar-refractivity contribution in [2.45, 2.75) is 37.8 Å². The minimum absolute atomic E-state index is 0.0106. The number of imide groups is 2. The molecule has 3 fully saturated rings. The number of benzene rings is 2. The van der Waals surface area contributed by atoms with Gasteiger partial charge >= 0.3 is 0 Å². The number of ether oxygens (including phenoxy) is 1. The number of anilines is 2. The summed E-state index contributed by atoms with van der Waals surface area (Å²) < 4.78 is 5.90. The van der Waals surface area contributed by atoms with Crippen LogP contribution in [0.4, 0.5) is 11.5 Å². The second-order valence-electron chi connectivity index (χ2n) is 14.3. The number of morpholine rings is 1. The van der Waals surface area contributed by atoms with E-state index in [1.54, 1.807) is 18.2 Å². The van der Waals surface area contributed by atoms with Gasteiger partial charge in [-0.1, -0.05) is 18.2 Å². The van der Waals surface area contributed by atoms with E-state index in [-0.39, 0.29) is 53.9 Å². The van der Waals surface area contributed by atoms with Gasteiger partial charge < -0.3 is 25.3 Å². The molecule has 4 aromatic rings. The summed E-state index contributed by atoms with van der Waals surface area (Å²) in [5.74, 6) is -2.18. The Morgan fingerprint density at radius 3 is 2.61 bits per heavy atom. The molecule has 4 N–H and O–H groups in total. The van der Waals surface area contributed by atoms with Crippen molar-refractivity contribution in [3.8, 4) is 17.2 Å². The number of fused-ring (bicyclic) bond motifs is 2. The highest BCUT2D eigenvalue weighted by Gasteiger charge is 2.46. The van der Waals surface area contributed by atoms with Crippen molar-refractivity contribution in [2.24, 2.45) is 5.92 Å². The van der Waals surface area contributed by atoms with Crippen molar-refractivity contribution in [3.05, 3.63) is 71.7 Å². The van der Waals surface area contributed by atoms with E-state index in [9.17, 15) is 34.0 Å². The summed E-state index contributed by atoms with van der Waals surface area (Å²) >= 11 is 0. The van der Waals surface area contributed by atoms with Gasteiger partial charge in [0.1, 0.15) is 23.8 Å². The molecule has 4 aliphatic heterocycles. The summed E-state index contributed by atoms with van der Waals surface area (Å²) in [6.07, 6.45) is 4.18. The molecule has 0 radical (unpaired) electrons. The van der Waals surface area contributed by atoms with Crippen LogP contribution in [0.3, 0.4) is 0 Å². The summed E-state index contributed by atoms with van der Waals surface area (Å²) in [7, 11) is 0. The Bertz CT molecular complexity index is 2310. The molecule has 4 aliphatic rings. The molecule has 2 atom stereocenters. The van der Waals surface area contributed by atoms with E-state index in [1.807, 2.05) is 34.2 Å². The maximum absolute atomic E-state index is 13.4.